The van der Waals surface area contributed by atoms with Crippen LogP contribution in [0.1, 0.15) is 34.3 Å². The molecule has 8 nitrogen and oxygen atoms in total. The van der Waals surface area contributed by atoms with Crippen LogP contribution < -0.4 is 5.73 Å². The molecule has 3 rings (SSSR count). The number of carbonyl (C=O) groups excluding carboxylic acids is 2. The Balaban J connectivity index is 1.75. The largest absolute Gasteiger partial charge is 0.448 e. The first kappa shape index (κ1) is 20.5. The van der Waals surface area contributed by atoms with E-state index in [9.17, 15) is 18.0 Å². The van der Waals surface area contributed by atoms with E-state index in [0.29, 0.717) is 16.9 Å². The first-order chi connectivity index (χ1) is 13.0. The number of esters is 1. The van der Waals surface area contributed by atoms with E-state index in [-0.39, 0.29) is 16.4 Å². The van der Waals surface area contributed by atoms with Crippen molar-refractivity contribution in [2.45, 2.75) is 39.3 Å². The van der Waals surface area contributed by atoms with Crippen molar-refractivity contribution >= 4 is 49.0 Å². The lowest BCUT2D eigenvalue weighted by atomic mass is 10.1. The number of rotatable bonds is 4. The van der Waals surface area contributed by atoms with Crippen molar-refractivity contribution in [3.8, 4) is 0 Å². The first-order valence-corrected chi connectivity index (χ1v) is 11.5. The third-order valence-corrected chi connectivity index (χ3v) is 7.77. The molecule has 28 heavy (non-hydrogen) atoms. The van der Waals surface area contributed by atoms with Crippen LogP contribution in [0.15, 0.2) is 6.07 Å². The standard InChI is InChI=1S/C18H23N3O5S2/c1-9-7-10(2)20-16-13(9)14(19)15(27-16)18(23)26-11(3)17(22)21(4)12-5-6-28(24,25)8-12/h7,11-12H,5-6,8,19H2,1-4H3. The summed E-state index contributed by atoms with van der Waals surface area (Å²) in [5, 5.41) is 0.717. The van der Waals surface area contributed by atoms with Crippen molar-refractivity contribution in [1.82, 2.24) is 9.88 Å². The minimum atomic E-state index is -3.12. The molecule has 2 N–H and O–H groups in total. The molecule has 2 aromatic rings. The van der Waals surface area contributed by atoms with Crippen LogP contribution in [-0.4, -0.2) is 60.9 Å². The van der Waals surface area contributed by atoms with Gasteiger partial charge in [0.05, 0.1) is 17.2 Å². The predicted molar refractivity (Wildman–Crippen MR) is 108 cm³/mol. The van der Waals surface area contributed by atoms with Crippen LogP contribution in [0.2, 0.25) is 0 Å². The number of aromatic nitrogens is 1. The van der Waals surface area contributed by atoms with Crippen LogP contribution in [0.4, 0.5) is 5.69 Å². The van der Waals surface area contributed by atoms with Crippen molar-refractivity contribution < 1.29 is 22.7 Å². The Hall–Kier alpha value is -2.20. The highest BCUT2D eigenvalue weighted by atomic mass is 32.2. The van der Waals surface area contributed by atoms with Gasteiger partial charge in [0.1, 0.15) is 9.71 Å². The number of nitrogens with zero attached hydrogens (tertiary/aromatic N) is 2. The summed E-state index contributed by atoms with van der Waals surface area (Å²) in [4.78, 5) is 31.8. The number of amides is 1. The number of carbonyl (C=O) groups is 2. The molecule has 1 aliphatic rings. The summed E-state index contributed by atoms with van der Waals surface area (Å²) in [7, 11) is -1.59. The molecular weight excluding hydrogens is 402 g/mol. The number of aryl methyl sites for hydroxylation is 2. The number of pyridine rings is 1. The summed E-state index contributed by atoms with van der Waals surface area (Å²) < 4.78 is 28.6. The van der Waals surface area contributed by atoms with E-state index < -0.39 is 33.9 Å². The number of ether oxygens (including phenoxy) is 1. The van der Waals surface area contributed by atoms with Gasteiger partial charge in [0.15, 0.2) is 15.9 Å². The van der Waals surface area contributed by atoms with Crippen LogP contribution in [0.3, 0.4) is 0 Å². The number of hydrogen-bond acceptors (Lipinski definition) is 8. The molecule has 2 unspecified atom stereocenters. The molecule has 1 amide bonds. The fourth-order valence-corrected chi connectivity index (χ4v) is 6.31. The molecule has 2 atom stereocenters. The minimum Gasteiger partial charge on any atom is -0.448 e. The van der Waals surface area contributed by atoms with Gasteiger partial charge in [-0.3, -0.25) is 4.79 Å². The second-order valence-electron chi connectivity index (χ2n) is 7.16. The fraction of sp³-hybridized carbons (Fsp3) is 0.500. The number of thiophene rings is 1. The fourth-order valence-electron chi connectivity index (χ4n) is 3.43. The van der Waals surface area contributed by atoms with Gasteiger partial charge in [0, 0.05) is 24.2 Å². The smallest absolute Gasteiger partial charge is 0.351 e. The number of fused-ring (bicyclic) bond motifs is 1. The van der Waals surface area contributed by atoms with Gasteiger partial charge < -0.3 is 15.4 Å². The Morgan fingerprint density at radius 1 is 1.39 bits per heavy atom. The predicted octanol–water partition coefficient (Wildman–Crippen LogP) is 1.69. The summed E-state index contributed by atoms with van der Waals surface area (Å²) in [5.74, 6) is -1.14. The lowest BCUT2D eigenvalue weighted by molar-refractivity contribution is -0.140. The quantitative estimate of drug-likeness (QED) is 0.740. The van der Waals surface area contributed by atoms with Crippen LogP contribution in [0.5, 0.6) is 0 Å². The maximum Gasteiger partial charge on any atom is 0.351 e. The molecule has 0 bridgehead atoms. The molecule has 1 aliphatic heterocycles. The highest BCUT2D eigenvalue weighted by Crippen LogP contribution is 2.35. The third kappa shape index (κ3) is 3.83. The molecule has 0 saturated carbocycles. The molecule has 0 aliphatic carbocycles. The number of hydrogen-bond donors (Lipinski definition) is 1. The van der Waals surface area contributed by atoms with Gasteiger partial charge in [-0.1, -0.05) is 0 Å². The monoisotopic (exact) mass is 425 g/mol. The number of nitrogens with two attached hydrogens (primary N) is 1. The van der Waals surface area contributed by atoms with Gasteiger partial charge in [-0.05, 0) is 38.8 Å². The zero-order valence-corrected chi connectivity index (χ0v) is 17.8. The van der Waals surface area contributed by atoms with Crippen LogP contribution in [-0.2, 0) is 19.4 Å². The number of likely N-dealkylation sites (N-methyl/N-ethyl adjacent to an activating group) is 1. The van der Waals surface area contributed by atoms with Crippen molar-refractivity contribution in [3.63, 3.8) is 0 Å². The van der Waals surface area contributed by atoms with Crippen LogP contribution in [0.25, 0.3) is 10.2 Å². The SMILES string of the molecule is Cc1cc(C)c2c(N)c(C(=O)OC(C)C(=O)N(C)C3CCS(=O)(=O)C3)sc2n1. The van der Waals surface area contributed by atoms with Crippen molar-refractivity contribution in [3.05, 3.63) is 22.2 Å². The third-order valence-electron chi connectivity index (χ3n) is 4.94. The Morgan fingerprint density at radius 3 is 2.68 bits per heavy atom. The Labute approximate surface area is 167 Å². The second kappa shape index (κ2) is 7.32. The summed E-state index contributed by atoms with van der Waals surface area (Å²) in [6.07, 6.45) is -0.667. The van der Waals surface area contributed by atoms with E-state index in [2.05, 4.69) is 4.98 Å². The average Bonchev–Trinajstić information content (AvgIpc) is 3.12. The summed E-state index contributed by atoms with van der Waals surface area (Å²) in [5.41, 5.74) is 8.18. The van der Waals surface area contributed by atoms with E-state index in [0.717, 1.165) is 28.0 Å². The van der Waals surface area contributed by atoms with E-state index in [1.54, 1.807) is 0 Å². The maximum atomic E-state index is 12.6. The zero-order valence-electron chi connectivity index (χ0n) is 16.2. The highest BCUT2D eigenvalue weighted by Gasteiger charge is 2.35. The Kier molecular flexibility index (Phi) is 5.37. The van der Waals surface area contributed by atoms with Gasteiger partial charge in [0.25, 0.3) is 5.91 Å². The topological polar surface area (TPSA) is 120 Å². The van der Waals surface area contributed by atoms with Gasteiger partial charge in [0.2, 0.25) is 0 Å². The van der Waals surface area contributed by atoms with Crippen molar-refractivity contribution in [1.29, 1.82) is 0 Å². The van der Waals surface area contributed by atoms with Gasteiger partial charge >= 0.3 is 5.97 Å². The minimum absolute atomic E-state index is 0.0630. The highest BCUT2D eigenvalue weighted by molar-refractivity contribution is 7.91. The van der Waals surface area contributed by atoms with Gasteiger partial charge in [-0.15, -0.1) is 11.3 Å². The molecule has 2 aromatic heterocycles. The van der Waals surface area contributed by atoms with Gasteiger partial charge in [-0.2, -0.15) is 0 Å². The lowest BCUT2D eigenvalue weighted by Crippen LogP contribution is -2.44. The summed E-state index contributed by atoms with van der Waals surface area (Å²) >= 11 is 1.13. The molecule has 0 aromatic carbocycles. The van der Waals surface area contributed by atoms with E-state index in [1.165, 1.54) is 18.9 Å². The Bertz CT molecular complexity index is 1060. The molecule has 1 saturated heterocycles. The molecule has 3 heterocycles. The van der Waals surface area contributed by atoms with Crippen LogP contribution in [0, 0.1) is 13.8 Å². The first-order valence-electron chi connectivity index (χ1n) is 8.84. The van der Waals surface area contributed by atoms with Gasteiger partial charge in [-0.25, -0.2) is 18.2 Å². The van der Waals surface area contributed by atoms with Crippen molar-refractivity contribution in [2.75, 3.05) is 24.3 Å². The molecule has 1 fully saturated rings. The Morgan fingerprint density at radius 2 is 2.07 bits per heavy atom. The lowest BCUT2D eigenvalue weighted by Gasteiger charge is -2.26. The second-order valence-corrected chi connectivity index (χ2v) is 10.4. The average molecular weight is 426 g/mol. The number of nitrogen functional groups attached to an aromatic ring is 1. The summed E-state index contributed by atoms with van der Waals surface area (Å²) in [6, 6.07) is 1.49. The van der Waals surface area contributed by atoms with Crippen LogP contribution >= 0.6 is 11.3 Å². The molecule has 10 heteroatoms. The maximum absolute atomic E-state index is 12.6. The van der Waals surface area contributed by atoms with Crippen molar-refractivity contribution in [2.24, 2.45) is 0 Å². The number of sulfone groups is 1. The number of anilines is 1. The summed E-state index contributed by atoms with van der Waals surface area (Å²) in [6.45, 7) is 5.23. The molecule has 0 radical (unpaired) electrons. The van der Waals surface area contributed by atoms with E-state index in [1.807, 2.05) is 19.9 Å². The molecule has 0 spiro atoms. The molecule has 152 valence electrons. The zero-order chi connectivity index (χ0) is 20.8. The normalized spacial score (nSPS) is 19.5. The van der Waals surface area contributed by atoms with E-state index >= 15 is 0 Å². The van der Waals surface area contributed by atoms with E-state index in [4.69, 9.17) is 10.5 Å². The molecular formula is C18H23N3O5S2.